The van der Waals surface area contributed by atoms with E-state index < -0.39 is 0 Å². The van der Waals surface area contributed by atoms with Crippen LogP contribution in [0.15, 0.2) is 29.3 Å². The Hall–Kier alpha value is -0.860. The van der Waals surface area contributed by atoms with Crippen LogP contribution in [-0.4, -0.2) is 56.8 Å². The zero-order chi connectivity index (χ0) is 15.6. The third-order valence-electron chi connectivity index (χ3n) is 3.98. The van der Waals surface area contributed by atoms with Gasteiger partial charge in [-0.3, -0.25) is 9.89 Å². The monoisotopic (exact) mass is 432 g/mol. The molecule has 1 heterocycles. The smallest absolute Gasteiger partial charge is 0.188 e. The highest BCUT2D eigenvalue weighted by atomic mass is 127. The molecule has 0 spiro atoms. The third kappa shape index (κ3) is 7.99. The first-order valence-electron chi connectivity index (χ1n) is 8.14. The van der Waals surface area contributed by atoms with Crippen molar-refractivity contribution in [2.24, 2.45) is 10.7 Å². The van der Waals surface area contributed by atoms with Gasteiger partial charge in [0.25, 0.3) is 0 Å². The highest BCUT2D eigenvalue weighted by Crippen LogP contribution is 2.06. The number of hydrogen-bond donors (Lipinski definition) is 2. The summed E-state index contributed by atoms with van der Waals surface area (Å²) in [5.74, 6) is 0.551. The van der Waals surface area contributed by atoms with Gasteiger partial charge in [0.2, 0.25) is 0 Å². The number of morpholine rings is 1. The molecular formula is C17H29IN4O. The molecule has 2 rings (SSSR count). The zero-order valence-electron chi connectivity index (χ0n) is 14.0. The molecule has 1 aromatic carbocycles. The standard InChI is InChI=1S/C17H28N4O.HI/c1-15-5-2-3-6-16(15)7-9-20-17(18)19-8-4-10-21-11-13-22-14-12-21;/h2-3,5-6H,4,7-14H2,1H3,(H3,18,19,20);1H. The minimum atomic E-state index is 0. The van der Waals surface area contributed by atoms with Gasteiger partial charge in [-0.1, -0.05) is 24.3 Å². The summed E-state index contributed by atoms with van der Waals surface area (Å²) in [4.78, 5) is 6.81. The highest BCUT2D eigenvalue weighted by Gasteiger charge is 2.08. The van der Waals surface area contributed by atoms with E-state index in [1.54, 1.807) is 0 Å². The summed E-state index contributed by atoms with van der Waals surface area (Å²) in [6, 6.07) is 8.44. The second kappa shape index (κ2) is 11.6. The van der Waals surface area contributed by atoms with E-state index in [0.29, 0.717) is 5.96 Å². The van der Waals surface area contributed by atoms with Gasteiger partial charge >= 0.3 is 0 Å². The summed E-state index contributed by atoms with van der Waals surface area (Å²) in [5, 5.41) is 3.19. The quantitative estimate of drug-likeness (QED) is 0.299. The van der Waals surface area contributed by atoms with E-state index in [1.165, 1.54) is 11.1 Å². The predicted molar refractivity (Wildman–Crippen MR) is 107 cm³/mol. The Kier molecular flexibility index (Phi) is 10.2. The Morgan fingerprint density at radius 3 is 2.78 bits per heavy atom. The number of aliphatic imine (C=N–C) groups is 1. The molecule has 0 saturated carbocycles. The van der Waals surface area contributed by atoms with Crippen LogP contribution in [0.5, 0.6) is 0 Å². The molecule has 6 heteroatoms. The summed E-state index contributed by atoms with van der Waals surface area (Å²) < 4.78 is 5.33. The number of aryl methyl sites for hydroxylation is 1. The number of guanidine groups is 1. The normalized spacial score (nSPS) is 16.0. The molecule has 1 saturated heterocycles. The number of rotatable bonds is 7. The van der Waals surface area contributed by atoms with Gasteiger partial charge in [-0.2, -0.15) is 0 Å². The molecule has 5 nitrogen and oxygen atoms in total. The van der Waals surface area contributed by atoms with Crippen molar-refractivity contribution in [3.63, 3.8) is 0 Å². The molecule has 1 aliphatic heterocycles. The van der Waals surface area contributed by atoms with Gasteiger partial charge in [-0.05, 0) is 30.9 Å². The zero-order valence-corrected chi connectivity index (χ0v) is 16.3. The van der Waals surface area contributed by atoms with Crippen LogP contribution in [0.1, 0.15) is 17.5 Å². The minimum absolute atomic E-state index is 0. The van der Waals surface area contributed by atoms with Crippen molar-refractivity contribution in [1.82, 2.24) is 10.2 Å². The summed E-state index contributed by atoms with van der Waals surface area (Å²) in [5.41, 5.74) is 8.58. The van der Waals surface area contributed by atoms with Gasteiger partial charge < -0.3 is 15.8 Å². The van der Waals surface area contributed by atoms with Gasteiger partial charge in [0.15, 0.2) is 5.96 Å². The first kappa shape index (κ1) is 20.2. The molecule has 0 atom stereocenters. The lowest BCUT2D eigenvalue weighted by Gasteiger charge is -2.26. The van der Waals surface area contributed by atoms with Crippen molar-refractivity contribution < 1.29 is 4.74 Å². The topological polar surface area (TPSA) is 62.9 Å². The Morgan fingerprint density at radius 2 is 2.04 bits per heavy atom. The Labute approximate surface area is 156 Å². The Morgan fingerprint density at radius 1 is 1.30 bits per heavy atom. The number of nitrogens with one attached hydrogen (secondary N) is 1. The van der Waals surface area contributed by atoms with Gasteiger partial charge in [-0.15, -0.1) is 24.0 Å². The van der Waals surface area contributed by atoms with Crippen LogP contribution in [0.2, 0.25) is 0 Å². The maximum absolute atomic E-state index is 5.90. The van der Waals surface area contributed by atoms with Crippen molar-refractivity contribution in [2.45, 2.75) is 19.8 Å². The van der Waals surface area contributed by atoms with Crippen molar-refractivity contribution in [3.8, 4) is 0 Å². The van der Waals surface area contributed by atoms with Crippen LogP contribution >= 0.6 is 24.0 Å². The average molecular weight is 432 g/mol. The molecule has 1 fully saturated rings. The number of nitrogens with two attached hydrogens (primary N) is 1. The third-order valence-corrected chi connectivity index (χ3v) is 3.98. The lowest BCUT2D eigenvalue weighted by atomic mass is 10.1. The number of nitrogens with zero attached hydrogens (tertiary/aromatic N) is 2. The van der Waals surface area contributed by atoms with Crippen molar-refractivity contribution in [1.29, 1.82) is 0 Å². The summed E-state index contributed by atoms with van der Waals surface area (Å²) in [6.07, 6.45) is 2.01. The van der Waals surface area contributed by atoms with Gasteiger partial charge in [0.05, 0.1) is 13.2 Å². The summed E-state index contributed by atoms with van der Waals surface area (Å²) in [6.45, 7) is 8.59. The number of ether oxygens (including phenoxy) is 1. The van der Waals surface area contributed by atoms with Crippen molar-refractivity contribution >= 4 is 29.9 Å². The van der Waals surface area contributed by atoms with Crippen LogP contribution in [0.4, 0.5) is 0 Å². The van der Waals surface area contributed by atoms with Crippen LogP contribution in [0.3, 0.4) is 0 Å². The lowest BCUT2D eigenvalue weighted by Crippen LogP contribution is -2.37. The molecule has 1 aliphatic rings. The van der Waals surface area contributed by atoms with E-state index in [2.05, 4.69) is 46.4 Å². The van der Waals surface area contributed by atoms with Crippen LogP contribution in [0, 0.1) is 6.92 Å². The van der Waals surface area contributed by atoms with Gasteiger partial charge in [0, 0.05) is 32.7 Å². The van der Waals surface area contributed by atoms with Crippen LogP contribution < -0.4 is 11.1 Å². The summed E-state index contributed by atoms with van der Waals surface area (Å²) >= 11 is 0. The van der Waals surface area contributed by atoms with Crippen molar-refractivity contribution in [2.75, 3.05) is 45.9 Å². The number of hydrogen-bond acceptors (Lipinski definition) is 3. The number of benzene rings is 1. The molecule has 1 aromatic rings. The first-order valence-corrected chi connectivity index (χ1v) is 8.14. The molecule has 23 heavy (non-hydrogen) atoms. The average Bonchev–Trinajstić information content (AvgIpc) is 2.54. The van der Waals surface area contributed by atoms with E-state index in [0.717, 1.165) is 58.8 Å². The molecular weight excluding hydrogens is 403 g/mol. The van der Waals surface area contributed by atoms with Crippen LogP contribution in [-0.2, 0) is 11.2 Å². The molecule has 0 bridgehead atoms. The summed E-state index contributed by atoms with van der Waals surface area (Å²) in [7, 11) is 0. The van der Waals surface area contributed by atoms with E-state index in [-0.39, 0.29) is 24.0 Å². The maximum Gasteiger partial charge on any atom is 0.188 e. The molecule has 0 amide bonds. The highest BCUT2D eigenvalue weighted by molar-refractivity contribution is 14.0. The fourth-order valence-electron chi connectivity index (χ4n) is 2.59. The second-order valence-electron chi connectivity index (χ2n) is 5.68. The lowest BCUT2D eigenvalue weighted by molar-refractivity contribution is 0.0377. The SMILES string of the molecule is Cc1ccccc1CCNC(N)=NCCCN1CCOCC1.I. The van der Waals surface area contributed by atoms with Gasteiger partial charge in [-0.25, -0.2) is 0 Å². The molecule has 0 aromatic heterocycles. The van der Waals surface area contributed by atoms with Crippen LogP contribution in [0.25, 0.3) is 0 Å². The number of halogens is 1. The van der Waals surface area contributed by atoms with E-state index >= 15 is 0 Å². The molecule has 0 radical (unpaired) electrons. The predicted octanol–water partition coefficient (Wildman–Crippen LogP) is 1.78. The largest absolute Gasteiger partial charge is 0.379 e. The Bertz CT molecular complexity index is 475. The van der Waals surface area contributed by atoms with E-state index in [4.69, 9.17) is 10.5 Å². The molecule has 0 unspecified atom stereocenters. The fourth-order valence-corrected chi connectivity index (χ4v) is 2.59. The Balaban J connectivity index is 0.00000264. The maximum atomic E-state index is 5.90. The fraction of sp³-hybridized carbons (Fsp3) is 0.588. The second-order valence-corrected chi connectivity index (χ2v) is 5.68. The van der Waals surface area contributed by atoms with E-state index in [9.17, 15) is 0 Å². The van der Waals surface area contributed by atoms with Crippen molar-refractivity contribution in [3.05, 3.63) is 35.4 Å². The van der Waals surface area contributed by atoms with E-state index in [1.807, 2.05) is 0 Å². The first-order chi connectivity index (χ1) is 10.8. The molecule has 3 N–H and O–H groups in total. The minimum Gasteiger partial charge on any atom is -0.379 e. The molecule has 130 valence electrons. The van der Waals surface area contributed by atoms with Gasteiger partial charge in [0.1, 0.15) is 0 Å². The molecule has 0 aliphatic carbocycles.